The van der Waals surface area contributed by atoms with E-state index in [1.165, 1.54) is 31.4 Å². The molecule has 0 bridgehead atoms. The molecule has 2 rings (SSSR count). The lowest BCUT2D eigenvalue weighted by atomic mass is 10.1. The quantitative estimate of drug-likeness (QED) is 0.498. The first-order valence-corrected chi connectivity index (χ1v) is 5.41. The number of allylic oxidation sites excluding steroid dienone is 2. The van der Waals surface area contributed by atoms with Crippen LogP contribution in [0.4, 0.5) is 0 Å². The number of esters is 1. The second kappa shape index (κ2) is 4.91. The van der Waals surface area contributed by atoms with Crippen LogP contribution < -0.4 is 9.47 Å². The van der Waals surface area contributed by atoms with Crippen molar-refractivity contribution >= 4 is 11.8 Å². The Morgan fingerprint density at radius 2 is 2.22 bits per heavy atom. The predicted molar refractivity (Wildman–Crippen MR) is 62.5 cm³/mol. The van der Waals surface area contributed by atoms with Crippen LogP contribution in [0.3, 0.4) is 0 Å². The number of hydrogen-bond acceptors (Lipinski definition) is 5. The molecule has 1 N–H and O–H groups in total. The maximum absolute atomic E-state index is 11.7. The molecule has 0 aliphatic heterocycles. The normalized spacial score (nSPS) is 17.8. The van der Waals surface area contributed by atoms with Crippen molar-refractivity contribution in [3.05, 3.63) is 30.4 Å². The highest BCUT2D eigenvalue weighted by Gasteiger charge is 2.29. The molecule has 0 amide bonds. The number of rotatable bonds is 3. The summed E-state index contributed by atoms with van der Waals surface area (Å²) in [7, 11) is 1.42. The SMILES string of the molecule is COc1ccc(OC(=O)C2CC=CC2=O)cc1O. The van der Waals surface area contributed by atoms with E-state index in [2.05, 4.69) is 0 Å². The lowest BCUT2D eigenvalue weighted by Crippen LogP contribution is -2.24. The molecule has 0 spiro atoms. The van der Waals surface area contributed by atoms with E-state index in [9.17, 15) is 14.7 Å². The largest absolute Gasteiger partial charge is 0.504 e. The average molecular weight is 248 g/mol. The number of aromatic hydroxyl groups is 1. The fraction of sp³-hybridized carbons (Fsp3) is 0.231. The Morgan fingerprint density at radius 1 is 1.44 bits per heavy atom. The highest BCUT2D eigenvalue weighted by molar-refractivity contribution is 6.07. The van der Waals surface area contributed by atoms with Gasteiger partial charge in [0.2, 0.25) is 0 Å². The predicted octanol–water partition coefficient (Wildman–Crippen LogP) is 1.45. The first-order valence-electron chi connectivity index (χ1n) is 5.41. The third-order valence-corrected chi connectivity index (χ3v) is 2.65. The number of ether oxygens (including phenoxy) is 2. The number of ketones is 1. The summed E-state index contributed by atoms with van der Waals surface area (Å²) >= 11 is 0. The summed E-state index contributed by atoms with van der Waals surface area (Å²) in [4.78, 5) is 23.0. The summed E-state index contributed by atoms with van der Waals surface area (Å²) in [6, 6.07) is 4.24. The summed E-state index contributed by atoms with van der Waals surface area (Å²) in [5.74, 6) is -1.30. The minimum atomic E-state index is -0.769. The molecule has 0 heterocycles. The van der Waals surface area contributed by atoms with Gasteiger partial charge in [0.1, 0.15) is 11.7 Å². The minimum Gasteiger partial charge on any atom is -0.504 e. The van der Waals surface area contributed by atoms with Crippen LogP contribution in [0.25, 0.3) is 0 Å². The Balaban J connectivity index is 2.08. The van der Waals surface area contributed by atoms with Crippen molar-refractivity contribution < 1.29 is 24.2 Å². The fourth-order valence-electron chi connectivity index (χ4n) is 1.69. The van der Waals surface area contributed by atoms with Gasteiger partial charge >= 0.3 is 5.97 Å². The summed E-state index contributed by atoms with van der Waals surface area (Å²) in [6.07, 6.45) is 3.37. The molecule has 0 radical (unpaired) electrons. The van der Waals surface area contributed by atoms with Gasteiger partial charge < -0.3 is 14.6 Å². The van der Waals surface area contributed by atoms with Gasteiger partial charge in [0.15, 0.2) is 17.3 Å². The zero-order valence-corrected chi connectivity index (χ0v) is 9.75. The van der Waals surface area contributed by atoms with Crippen LogP contribution in [0.5, 0.6) is 17.2 Å². The van der Waals surface area contributed by atoms with Gasteiger partial charge in [-0.2, -0.15) is 0 Å². The van der Waals surface area contributed by atoms with Gasteiger partial charge in [-0.3, -0.25) is 9.59 Å². The number of carbonyl (C=O) groups is 2. The van der Waals surface area contributed by atoms with Crippen LogP contribution in [0.15, 0.2) is 30.4 Å². The molecule has 0 saturated carbocycles. The van der Waals surface area contributed by atoms with Crippen LogP contribution in [0.1, 0.15) is 6.42 Å². The Labute approximate surface area is 104 Å². The lowest BCUT2D eigenvalue weighted by molar-refractivity contribution is -0.142. The van der Waals surface area contributed by atoms with Crippen LogP contribution in [-0.2, 0) is 9.59 Å². The van der Waals surface area contributed by atoms with E-state index in [1.807, 2.05) is 0 Å². The molecule has 1 aliphatic rings. The molecular formula is C13H12O5. The Hall–Kier alpha value is -2.30. The molecule has 1 unspecified atom stereocenters. The van der Waals surface area contributed by atoms with Crippen molar-refractivity contribution in [3.63, 3.8) is 0 Å². The van der Waals surface area contributed by atoms with Gasteiger partial charge in [-0.1, -0.05) is 6.08 Å². The molecule has 5 heteroatoms. The van der Waals surface area contributed by atoms with Gasteiger partial charge in [-0.15, -0.1) is 0 Å². The molecule has 1 aliphatic carbocycles. The smallest absolute Gasteiger partial charge is 0.322 e. The summed E-state index contributed by atoms with van der Waals surface area (Å²) in [5.41, 5.74) is 0. The Kier molecular flexibility index (Phi) is 3.32. The van der Waals surface area contributed by atoms with Crippen LogP contribution in [0, 0.1) is 5.92 Å². The first kappa shape index (κ1) is 12.2. The van der Waals surface area contributed by atoms with Crippen molar-refractivity contribution in [3.8, 4) is 17.2 Å². The number of hydrogen-bond donors (Lipinski definition) is 1. The molecule has 1 aromatic carbocycles. The number of methoxy groups -OCH3 is 1. The van der Waals surface area contributed by atoms with Crippen molar-refractivity contribution in [1.29, 1.82) is 0 Å². The first-order chi connectivity index (χ1) is 8.61. The third kappa shape index (κ3) is 2.34. The topological polar surface area (TPSA) is 72.8 Å². The highest BCUT2D eigenvalue weighted by Crippen LogP contribution is 2.30. The van der Waals surface area contributed by atoms with Gasteiger partial charge in [0.25, 0.3) is 0 Å². The number of carbonyl (C=O) groups excluding carboxylic acids is 2. The van der Waals surface area contributed by atoms with Crippen molar-refractivity contribution in [1.82, 2.24) is 0 Å². The molecule has 94 valence electrons. The van der Waals surface area contributed by atoms with Gasteiger partial charge in [-0.25, -0.2) is 0 Å². The standard InChI is InChI=1S/C13H12O5/c1-17-12-6-5-8(7-11(12)15)18-13(16)9-3-2-4-10(9)14/h2,4-7,9,15H,3H2,1H3. The molecular weight excluding hydrogens is 236 g/mol. The fourth-order valence-corrected chi connectivity index (χ4v) is 1.69. The molecule has 18 heavy (non-hydrogen) atoms. The van der Waals surface area contributed by atoms with E-state index < -0.39 is 11.9 Å². The molecule has 0 saturated heterocycles. The van der Waals surface area contributed by atoms with E-state index in [-0.39, 0.29) is 23.0 Å². The van der Waals surface area contributed by atoms with Crippen LogP contribution >= 0.6 is 0 Å². The number of phenols is 1. The second-order valence-corrected chi connectivity index (χ2v) is 3.85. The van der Waals surface area contributed by atoms with E-state index in [0.29, 0.717) is 6.42 Å². The number of benzene rings is 1. The zero-order valence-electron chi connectivity index (χ0n) is 9.75. The zero-order chi connectivity index (χ0) is 13.1. The maximum atomic E-state index is 11.7. The number of phenolic OH excluding ortho intramolecular Hbond substituents is 1. The van der Waals surface area contributed by atoms with Crippen LogP contribution in [0.2, 0.25) is 0 Å². The second-order valence-electron chi connectivity index (χ2n) is 3.85. The van der Waals surface area contributed by atoms with Crippen molar-refractivity contribution in [2.24, 2.45) is 5.92 Å². The Bertz CT molecular complexity index is 518. The van der Waals surface area contributed by atoms with Gasteiger partial charge in [0, 0.05) is 6.07 Å². The third-order valence-electron chi connectivity index (χ3n) is 2.65. The monoisotopic (exact) mass is 248 g/mol. The summed E-state index contributed by atoms with van der Waals surface area (Å²) in [5, 5.41) is 9.53. The van der Waals surface area contributed by atoms with E-state index >= 15 is 0 Å². The van der Waals surface area contributed by atoms with Crippen molar-refractivity contribution in [2.75, 3.05) is 7.11 Å². The van der Waals surface area contributed by atoms with Crippen LogP contribution in [-0.4, -0.2) is 24.0 Å². The van der Waals surface area contributed by atoms with E-state index in [1.54, 1.807) is 6.08 Å². The maximum Gasteiger partial charge on any atom is 0.322 e. The molecule has 1 atom stereocenters. The van der Waals surface area contributed by atoms with E-state index in [4.69, 9.17) is 9.47 Å². The molecule has 0 aromatic heterocycles. The lowest BCUT2D eigenvalue weighted by Gasteiger charge is -2.10. The van der Waals surface area contributed by atoms with Gasteiger partial charge in [-0.05, 0) is 24.6 Å². The van der Waals surface area contributed by atoms with E-state index in [0.717, 1.165) is 0 Å². The minimum absolute atomic E-state index is 0.126. The van der Waals surface area contributed by atoms with Crippen molar-refractivity contribution in [2.45, 2.75) is 6.42 Å². The van der Waals surface area contributed by atoms with Gasteiger partial charge in [0.05, 0.1) is 7.11 Å². The average Bonchev–Trinajstić information content (AvgIpc) is 2.76. The molecule has 1 aromatic rings. The highest BCUT2D eigenvalue weighted by atomic mass is 16.5. The Morgan fingerprint density at radius 3 is 2.78 bits per heavy atom. The molecule has 0 fully saturated rings. The summed E-state index contributed by atoms with van der Waals surface area (Å²) in [6.45, 7) is 0. The summed E-state index contributed by atoms with van der Waals surface area (Å²) < 4.78 is 9.90. The molecule has 5 nitrogen and oxygen atoms in total.